The van der Waals surface area contributed by atoms with Gasteiger partial charge in [-0.15, -0.1) is 0 Å². The molecular weight excluding hydrogens is 280 g/mol. The Balaban J connectivity index is 2.24. The molecule has 0 aliphatic carbocycles. The van der Waals surface area contributed by atoms with Gasteiger partial charge >= 0.3 is 5.97 Å². The molecule has 2 rings (SSSR count). The summed E-state index contributed by atoms with van der Waals surface area (Å²) in [6, 6.07) is 1.71. The Kier molecular flexibility index (Phi) is 4.32. The molecule has 0 saturated carbocycles. The largest absolute Gasteiger partial charge is 0.469 e. The van der Waals surface area contributed by atoms with Crippen LogP contribution in [0.5, 0.6) is 0 Å². The number of carbonyl (C=O) groups is 1. The highest BCUT2D eigenvalue weighted by Gasteiger charge is 2.44. The van der Waals surface area contributed by atoms with Crippen LogP contribution >= 0.6 is 11.6 Å². The molecule has 110 valence electrons. The average molecular weight is 299 g/mol. The molecule has 1 saturated heterocycles. The SMILES string of the molecule is CC[C@@]1(C(=O)OC)CCN(c2cc(Cl)nc(NC)n2)C1. The van der Waals surface area contributed by atoms with Gasteiger partial charge in [-0.1, -0.05) is 18.5 Å². The second kappa shape index (κ2) is 5.83. The number of carbonyl (C=O) groups excluding carboxylic acids is 1. The number of methoxy groups -OCH3 is 1. The number of aromatic nitrogens is 2. The lowest BCUT2D eigenvalue weighted by atomic mass is 9.84. The van der Waals surface area contributed by atoms with E-state index in [0.29, 0.717) is 17.6 Å². The van der Waals surface area contributed by atoms with Crippen molar-refractivity contribution in [2.75, 3.05) is 37.5 Å². The molecule has 0 spiro atoms. The van der Waals surface area contributed by atoms with E-state index in [0.717, 1.165) is 25.2 Å². The number of anilines is 2. The molecule has 1 N–H and O–H groups in total. The normalized spacial score (nSPS) is 21.9. The van der Waals surface area contributed by atoms with Gasteiger partial charge in [0.2, 0.25) is 5.95 Å². The van der Waals surface area contributed by atoms with E-state index < -0.39 is 5.41 Å². The fourth-order valence-corrected chi connectivity index (χ4v) is 2.74. The first-order chi connectivity index (χ1) is 9.54. The molecule has 1 aromatic heterocycles. The second-order valence-electron chi connectivity index (χ2n) is 4.92. The van der Waals surface area contributed by atoms with Gasteiger partial charge in [-0.2, -0.15) is 4.98 Å². The van der Waals surface area contributed by atoms with Crippen molar-refractivity contribution in [2.45, 2.75) is 19.8 Å². The van der Waals surface area contributed by atoms with Crippen LogP contribution in [0, 0.1) is 5.41 Å². The fraction of sp³-hybridized carbons (Fsp3) is 0.615. The Morgan fingerprint density at radius 3 is 2.95 bits per heavy atom. The van der Waals surface area contributed by atoms with Crippen molar-refractivity contribution in [3.63, 3.8) is 0 Å². The van der Waals surface area contributed by atoms with Crippen molar-refractivity contribution in [3.05, 3.63) is 11.2 Å². The van der Waals surface area contributed by atoms with Crippen LogP contribution in [0.1, 0.15) is 19.8 Å². The van der Waals surface area contributed by atoms with Gasteiger partial charge in [0.05, 0.1) is 12.5 Å². The fourth-order valence-electron chi connectivity index (χ4n) is 2.56. The smallest absolute Gasteiger partial charge is 0.313 e. The van der Waals surface area contributed by atoms with E-state index in [1.165, 1.54) is 7.11 Å². The monoisotopic (exact) mass is 298 g/mol. The molecule has 1 aliphatic rings. The highest BCUT2D eigenvalue weighted by Crippen LogP contribution is 2.37. The third kappa shape index (κ3) is 2.65. The van der Waals surface area contributed by atoms with Crippen molar-refractivity contribution in [2.24, 2.45) is 5.41 Å². The van der Waals surface area contributed by atoms with Crippen LogP contribution in [0.25, 0.3) is 0 Å². The average Bonchev–Trinajstić information content (AvgIpc) is 2.91. The van der Waals surface area contributed by atoms with E-state index in [9.17, 15) is 4.79 Å². The molecule has 20 heavy (non-hydrogen) atoms. The highest BCUT2D eigenvalue weighted by molar-refractivity contribution is 6.29. The summed E-state index contributed by atoms with van der Waals surface area (Å²) in [5, 5.41) is 3.26. The van der Waals surface area contributed by atoms with E-state index in [1.807, 2.05) is 6.92 Å². The van der Waals surface area contributed by atoms with Crippen molar-refractivity contribution >= 4 is 29.3 Å². The maximum Gasteiger partial charge on any atom is 0.313 e. The summed E-state index contributed by atoms with van der Waals surface area (Å²) in [4.78, 5) is 22.5. The van der Waals surface area contributed by atoms with Gasteiger partial charge in [0.1, 0.15) is 11.0 Å². The predicted molar refractivity (Wildman–Crippen MR) is 78.2 cm³/mol. The molecule has 1 fully saturated rings. The molecule has 0 radical (unpaired) electrons. The van der Waals surface area contributed by atoms with Gasteiger partial charge in [0, 0.05) is 26.2 Å². The standard InChI is InChI=1S/C13H19ClN4O2/c1-4-13(11(19)20-3)5-6-18(8-13)10-7-9(14)16-12(15-2)17-10/h7H,4-6,8H2,1-3H3,(H,15,16,17)/t13-/m1/s1. The maximum atomic E-state index is 12.0. The van der Waals surface area contributed by atoms with Gasteiger partial charge in [-0.25, -0.2) is 4.98 Å². The number of hydrogen-bond donors (Lipinski definition) is 1. The Labute approximate surface area is 123 Å². The molecule has 0 amide bonds. The van der Waals surface area contributed by atoms with E-state index >= 15 is 0 Å². The molecule has 0 aromatic carbocycles. The van der Waals surface area contributed by atoms with Crippen LogP contribution in [0.4, 0.5) is 11.8 Å². The summed E-state index contributed by atoms with van der Waals surface area (Å²) in [6.45, 7) is 3.35. The summed E-state index contributed by atoms with van der Waals surface area (Å²) >= 11 is 5.99. The van der Waals surface area contributed by atoms with E-state index in [1.54, 1.807) is 13.1 Å². The minimum Gasteiger partial charge on any atom is -0.469 e. The van der Waals surface area contributed by atoms with Gasteiger partial charge in [0.15, 0.2) is 0 Å². The van der Waals surface area contributed by atoms with Crippen molar-refractivity contribution < 1.29 is 9.53 Å². The van der Waals surface area contributed by atoms with Crippen molar-refractivity contribution in [1.29, 1.82) is 0 Å². The number of ether oxygens (including phenoxy) is 1. The van der Waals surface area contributed by atoms with Crippen molar-refractivity contribution in [3.8, 4) is 0 Å². The number of nitrogens with zero attached hydrogens (tertiary/aromatic N) is 3. The molecular formula is C13H19ClN4O2. The molecule has 7 heteroatoms. The quantitative estimate of drug-likeness (QED) is 0.677. The number of halogens is 1. The summed E-state index contributed by atoms with van der Waals surface area (Å²) in [5.74, 6) is 1.05. The molecule has 0 unspecified atom stereocenters. The first-order valence-electron chi connectivity index (χ1n) is 6.60. The Morgan fingerprint density at radius 1 is 1.60 bits per heavy atom. The first kappa shape index (κ1) is 14.8. The highest BCUT2D eigenvalue weighted by atomic mass is 35.5. The third-order valence-electron chi connectivity index (χ3n) is 3.88. The molecule has 1 atom stereocenters. The van der Waals surface area contributed by atoms with E-state index in [2.05, 4.69) is 20.2 Å². The maximum absolute atomic E-state index is 12.0. The Hall–Kier alpha value is -1.56. The Morgan fingerprint density at radius 2 is 2.35 bits per heavy atom. The van der Waals surface area contributed by atoms with Crippen LogP contribution in [0.15, 0.2) is 6.07 Å². The zero-order valence-corrected chi connectivity index (χ0v) is 12.7. The number of hydrogen-bond acceptors (Lipinski definition) is 6. The molecule has 0 bridgehead atoms. The van der Waals surface area contributed by atoms with E-state index in [4.69, 9.17) is 16.3 Å². The number of nitrogens with one attached hydrogen (secondary N) is 1. The molecule has 1 aromatic rings. The van der Waals surface area contributed by atoms with Crippen LogP contribution < -0.4 is 10.2 Å². The summed E-state index contributed by atoms with van der Waals surface area (Å²) in [6.07, 6.45) is 1.50. The van der Waals surface area contributed by atoms with E-state index in [-0.39, 0.29) is 5.97 Å². The number of esters is 1. The Bertz CT molecular complexity index is 511. The van der Waals surface area contributed by atoms with Gasteiger partial charge in [-0.3, -0.25) is 4.79 Å². The first-order valence-corrected chi connectivity index (χ1v) is 6.98. The van der Waals surface area contributed by atoms with Crippen LogP contribution in [-0.4, -0.2) is 43.2 Å². The molecule has 2 heterocycles. The summed E-state index contributed by atoms with van der Waals surface area (Å²) in [7, 11) is 3.17. The van der Waals surface area contributed by atoms with Gasteiger partial charge in [0.25, 0.3) is 0 Å². The zero-order valence-electron chi connectivity index (χ0n) is 11.9. The zero-order chi connectivity index (χ0) is 14.8. The van der Waals surface area contributed by atoms with Crippen molar-refractivity contribution in [1.82, 2.24) is 9.97 Å². The van der Waals surface area contributed by atoms with Gasteiger partial charge in [-0.05, 0) is 12.8 Å². The summed E-state index contributed by atoms with van der Waals surface area (Å²) < 4.78 is 4.94. The van der Waals surface area contributed by atoms with Gasteiger partial charge < -0.3 is 15.0 Å². The minimum atomic E-state index is -0.452. The second-order valence-corrected chi connectivity index (χ2v) is 5.31. The molecule has 1 aliphatic heterocycles. The third-order valence-corrected chi connectivity index (χ3v) is 4.07. The lowest BCUT2D eigenvalue weighted by Crippen LogP contribution is -2.35. The van der Waals surface area contributed by atoms with Crippen LogP contribution in [-0.2, 0) is 9.53 Å². The molecule has 6 nitrogen and oxygen atoms in total. The number of rotatable bonds is 4. The van der Waals surface area contributed by atoms with Crippen LogP contribution in [0.2, 0.25) is 5.15 Å². The summed E-state index contributed by atoms with van der Waals surface area (Å²) in [5.41, 5.74) is -0.452. The lowest BCUT2D eigenvalue weighted by molar-refractivity contribution is -0.151. The van der Waals surface area contributed by atoms with Crippen LogP contribution in [0.3, 0.4) is 0 Å². The lowest BCUT2D eigenvalue weighted by Gasteiger charge is -2.25. The topological polar surface area (TPSA) is 67.3 Å². The minimum absolute atomic E-state index is 0.156. The predicted octanol–water partition coefficient (Wildman–Crippen LogP) is 1.95.